The second kappa shape index (κ2) is 8.59. The minimum Gasteiger partial charge on any atom is -0.550 e. The Labute approximate surface area is 105 Å². The first-order valence-corrected chi connectivity index (χ1v) is 2.13. The van der Waals surface area contributed by atoms with Gasteiger partial charge >= 0.3 is 51.4 Å². The van der Waals surface area contributed by atoms with Crippen molar-refractivity contribution >= 4 is 11.9 Å². The summed E-state index contributed by atoms with van der Waals surface area (Å²) < 4.78 is 0. The molecule has 0 heterocycles. The normalized spacial score (nSPS) is 10.3. The molecule has 0 rings (SSSR count). The second-order valence-electron chi connectivity index (χ2n) is 1.41. The molecule has 0 aromatic rings. The van der Waals surface area contributed by atoms with Gasteiger partial charge in [0.25, 0.3) is 0 Å². The van der Waals surface area contributed by atoms with Crippen LogP contribution in [0.25, 0.3) is 0 Å². The molecule has 0 aromatic heterocycles. The summed E-state index contributed by atoms with van der Waals surface area (Å²) in [6.07, 6.45) is -2.89. The Morgan fingerprint density at radius 2 is 1.73 bits per heavy atom. The maximum absolute atomic E-state index is 9.58. The number of carbonyl (C=O) groups excluding carboxylic acids is 2. The van der Waals surface area contributed by atoms with Crippen LogP contribution in [0.1, 0.15) is 6.42 Å². The molecule has 0 aliphatic carbocycles. The Bertz CT molecular complexity index is 135. The molecule has 7 heteroatoms. The van der Waals surface area contributed by atoms with Crippen molar-refractivity contribution in [3.63, 3.8) is 0 Å². The van der Waals surface area contributed by atoms with E-state index < -0.39 is 24.5 Å². The first-order valence-electron chi connectivity index (χ1n) is 2.13. The monoisotopic (exact) mass is 189 g/mol. The maximum Gasteiger partial charge on any atom is 1.00 e. The number of carboxylic acids is 2. The number of aliphatic hydroxyl groups excluding tert-OH is 1. The predicted octanol–water partition coefficient (Wildman–Crippen LogP) is -7.58. The first kappa shape index (κ1) is 17.5. The number of hydrogen-bond acceptors (Lipinski definition) is 5. The Balaban J connectivity index is -0.000000320. The van der Waals surface area contributed by atoms with Crippen molar-refractivity contribution in [1.29, 1.82) is 0 Å². The Kier molecular flexibility index (Phi) is 13.7. The average Bonchev–Trinajstić information content (AvgIpc) is 1.63. The molecule has 6 nitrogen and oxygen atoms in total. The zero-order chi connectivity index (χ0) is 7.44. The Hall–Kier alpha value is 0.496. The van der Waals surface area contributed by atoms with Crippen LogP contribution in [0, 0.1) is 0 Å². The van der Waals surface area contributed by atoms with Crippen molar-refractivity contribution in [2.24, 2.45) is 0 Å². The molecular weight excluding hydrogens is 183 g/mol. The minimum atomic E-state index is -1.96. The summed E-state index contributed by atoms with van der Waals surface area (Å²) in [5.41, 5.74) is 0. The number of carboxylic acid groups (broad SMARTS) is 2. The Morgan fingerprint density at radius 1 is 1.36 bits per heavy atom. The SMILES string of the molecule is O.O=C([O-])CC(O)C(=O)[O-].[K+]. The van der Waals surface area contributed by atoms with Gasteiger partial charge in [0.05, 0.1) is 12.1 Å². The molecule has 0 aromatic carbocycles. The molecule has 3 N–H and O–H groups in total. The third-order valence-corrected chi connectivity index (χ3v) is 0.632. The molecule has 1 unspecified atom stereocenters. The second-order valence-corrected chi connectivity index (χ2v) is 1.41. The van der Waals surface area contributed by atoms with E-state index in [1.54, 1.807) is 0 Å². The summed E-state index contributed by atoms with van der Waals surface area (Å²) in [5.74, 6) is -3.43. The largest absolute Gasteiger partial charge is 1.00 e. The van der Waals surface area contributed by atoms with Gasteiger partial charge in [-0.2, -0.15) is 0 Å². The third-order valence-electron chi connectivity index (χ3n) is 0.632. The van der Waals surface area contributed by atoms with Gasteiger partial charge in [-0.15, -0.1) is 0 Å². The van der Waals surface area contributed by atoms with Crippen molar-refractivity contribution < 1.29 is 81.8 Å². The van der Waals surface area contributed by atoms with E-state index in [2.05, 4.69) is 0 Å². The van der Waals surface area contributed by atoms with E-state index in [1.807, 2.05) is 0 Å². The summed E-state index contributed by atoms with van der Waals surface area (Å²) in [6.45, 7) is 0. The van der Waals surface area contributed by atoms with Crippen LogP contribution < -0.4 is 61.6 Å². The van der Waals surface area contributed by atoms with Crippen molar-refractivity contribution in [2.75, 3.05) is 0 Å². The molecule has 0 spiro atoms. The Morgan fingerprint density at radius 3 is 1.82 bits per heavy atom. The first-order chi connectivity index (χ1) is 4.04. The van der Waals surface area contributed by atoms with E-state index in [1.165, 1.54) is 0 Å². The van der Waals surface area contributed by atoms with Gasteiger partial charge in [-0.25, -0.2) is 0 Å². The van der Waals surface area contributed by atoms with E-state index in [-0.39, 0.29) is 56.9 Å². The van der Waals surface area contributed by atoms with Crippen LogP contribution in [0.5, 0.6) is 0 Å². The number of hydrogen-bond donors (Lipinski definition) is 1. The van der Waals surface area contributed by atoms with E-state index in [9.17, 15) is 19.8 Å². The zero-order valence-electron chi connectivity index (χ0n) is 5.86. The summed E-state index contributed by atoms with van der Waals surface area (Å²) in [5, 5.41) is 27.3. The van der Waals surface area contributed by atoms with Crippen LogP contribution in [0.4, 0.5) is 0 Å². The molecule has 0 amide bonds. The van der Waals surface area contributed by atoms with E-state index >= 15 is 0 Å². The van der Waals surface area contributed by atoms with Gasteiger partial charge in [-0.1, -0.05) is 0 Å². The molecule has 1 atom stereocenters. The van der Waals surface area contributed by atoms with Crippen LogP contribution in [0.15, 0.2) is 0 Å². The fourth-order valence-electron chi connectivity index (χ4n) is 0.241. The molecule has 0 fully saturated rings. The van der Waals surface area contributed by atoms with Gasteiger partial charge in [-0.05, 0) is 0 Å². The minimum absolute atomic E-state index is 0. The van der Waals surface area contributed by atoms with Crippen molar-refractivity contribution in [1.82, 2.24) is 0 Å². The van der Waals surface area contributed by atoms with Crippen LogP contribution in [-0.2, 0) is 9.59 Å². The molecule has 0 bridgehead atoms. The smallest absolute Gasteiger partial charge is 0.550 e. The molecule has 0 saturated carbocycles. The van der Waals surface area contributed by atoms with E-state index in [4.69, 9.17) is 5.11 Å². The van der Waals surface area contributed by atoms with Crippen LogP contribution in [-0.4, -0.2) is 28.6 Å². The maximum atomic E-state index is 9.58. The van der Waals surface area contributed by atoms with Crippen LogP contribution in [0.3, 0.4) is 0 Å². The van der Waals surface area contributed by atoms with E-state index in [0.717, 1.165) is 0 Å². The van der Waals surface area contributed by atoms with Gasteiger partial charge in [0.15, 0.2) is 0 Å². The van der Waals surface area contributed by atoms with Crippen LogP contribution in [0.2, 0.25) is 0 Å². The number of rotatable bonds is 3. The standard InChI is InChI=1S/C4H6O5.K.H2O/c5-2(4(8)9)1-3(6)7;;/h2,5H,1H2,(H,6,7)(H,8,9);;1H2/q;+1;/p-2. The fourth-order valence-corrected chi connectivity index (χ4v) is 0.241. The summed E-state index contributed by atoms with van der Waals surface area (Å²) in [4.78, 5) is 19.1. The number of carbonyl (C=O) groups is 2. The molecular formula is C4H6KO6-. The van der Waals surface area contributed by atoms with Gasteiger partial charge in [0.1, 0.15) is 0 Å². The van der Waals surface area contributed by atoms with Crippen molar-refractivity contribution in [2.45, 2.75) is 12.5 Å². The molecule has 60 valence electrons. The molecule has 0 aliphatic rings. The fraction of sp³-hybridized carbons (Fsp3) is 0.500. The summed E-state index contributed by atoms with van der Waals surface area (Å²) >= 11 is 0. The zero-order valence-corrected chi connectivity index (χ0v) is 8.99. The quantitative estimate of drug-likeness (QED) is 0.440. The van der Waals surface area contributed by atoms with Gasteiger partial charge in [0.2, 0.25) is 0 Å². The van der Waals surface area contributed by atoms with Crippen LogP contribution >= 0.6 is 0 Å². The number of aliphatic hydroxyl groups is 1. The summed E-state index contributed by atoms with van der Waals surface area (Å²) in [6, 6.07) is 0. The average molecular weight is 189 g/mol. The van der Waals surface area contributed by atoms with E-state index in [0.29, 0.717) is 0 Å². The molecule has 0 saturated heterocycles. The molecule has 0 radical (unpaired) electrons. The third kappa shape index (κ3) is 10.5. The predicted molar refractivity (Wildman–Crippen MR) is 24.3 cm³/mol. The molecule has 11 heavy (non-hydrogen) atoms. The number of aliphatic carboxylic acids is 2. The van der Waals surface area contributed by atoms with Crippen molar-refractivity contribution in [3.05, 3.63) is 0 Å². The topological polar surface area (TPSA) is 132 Å². The van der Waals surface area contributed by atoms with Gasteiger partial charge in [-0.3, -0.25) is 0 Å². The van der Waals surface area contributed by atoms with Gasteiger partial charge < -0.3 is 30.4 Å². The van der Waals surface area contributed by atoms with Gasteiger partial charge in [0, 0.05) is 12.4 Å². The molecule has 0 aliphatic heterocycles. The summed E-state index contributed by atoms with van der Waals surface area (Å²) in [7, 11) is 0. The van der Waals surface area contributed by atoms with Crippen molar-refractivity contribution in [3.8, 4) is 0 Å².